The van der Waals surface area contributed by atoms with Gasteiger partial charge in [0.1, 0.15) is 23.9 Å². The number of nitrogens with one attached hydrogen (secondary N) is 1. The van der Waals surface area contributed by atoms with Gasteiger partial charge in [-0.3, -0.25) is 0 Å². The summed E-state index contributed by atoms with van der Waals surface area (Å²) in [5, 5.41) is 2.63. The molecule has 4 aromatic carbocycles. The van der Waals surface area contributed by atoms with E-state index in [1.54, 1.807) is 14.0 Å². The molecule has 0 aliphatic rings. The van der Waals surface area contributed by atoms with Crippen LogP contribution in [0.25, 0.3) is 0 Å². The summed E-state index contributed by atoms with van der Waals surface area (Å²) in [5.41, 5.74) is 5.15. The van der Waals surface area contributed by atoms with E-state index in [1.165, 1.54) is 5.56 Å². The molecule has 228 valence electrons. The number of esters is 1. The first kappa shape index (κ1) is 31.9. The summed E-state index contributed by atoms with van der Waals surface area (Å²) in [5.74, 6) is 1.69. The summed E-state index contributed by atoms with van der Waals surface area (Å²) >= 11 is 0. The van der Waals surface area contributed by atoms with Gasteiger partial charge in [-0.05, 0) is 72.5 Å². The Bertz CT molecular complexity index is 1560. The van der Waals surface area contributed by atoms with Gasteiger partial charge in [0.15, 0.2) is 6.10 Å². The first-order valence-corrected chi connectivity index (χ1v) is 14.4. The van der Waals surface area contributed by atoms with Crippen molar-refractivity contribution in [2.45, 2.75) is 39.2 Å². The lowest BCUT2D eigenvalue weighted by molar-refractivity contribution is -0.138. The minimum absolute atomic E-state index is 0.0159. The molecule has 0 spiro atoms. The lowest BCUT2D eigenvalue weighted by Gasteiger charge is -2.26. The van der Waals surface area contributed by atoms with E-state index in [2.05, 4.69) is 50.0 Å². The minimum atomic E-state index is -0.651. The highest BCUT2D eigenvalue weighted by atomic mass is 16.6. The zero-order valence-corrected chi connectivity index (χ0v) is 25.9. The summed E-state index contributed by atoms with van der Waals surface area (Å²) in [6, 6.07) is 31.5. The quantitative estimate of drug-likeness (QED) is 0.102. The molecule has 0 heterocycles. The van der Waals surface area contributed by atoms with Crippen LogP contribution in [-0.2, 0) is 19.7 Å². The number of carbonyl (C=O) groups excluding carboxylic acids is 2. The summed E-state index contributed by atoms with van der Waals surface area (Å²) in [6.07, 6.45) is -1.28. The molecular formula is C37H39NO6. The lowest BCUT2D eigenvalue weighted by atomic mass is 9.78. The molecule has 0 aliphatic carbocycles. The van der Waals surface area contributed by atoms with Crippen molar-refractivity contribution in [3.05, 3.63) is 137 Å². The Morgan fingerprint density at radius 2 is 1.25 bits per heavy atom. The third-order valence-corrected chi connectivity index (χ3v) is 7.36. The molecule has 0 saturated carbocycles. The van der Waals surface area contributed by atoms with E-state index in [1.807, 2.05) is 79.7 Å². The van der Waals surface area contributed by atoms with E-state index in [9.17, 15) is 9.59 Å². The number of amides is 1. The van der Waals surface area contributed by atoms with E-state index in [0.717, 1.165) is 28.0 Å². The number of hydrogen-bond donors (Lipinski definition) is 1. The van der Waals surface area contributed by atoms with Gasteiger partial charge in [-0.25, -0.2) is 9.59 Å². The Balaban J connectivity index is 1.42. The number of carbonyl (C=O) groups is 2. The van der Waals surface area contributed by atoms with Crippen molar-refractivity contribution in [2.75, 3.05) is 20.3 Å². The largest absolute Gasteiger partial charge is 0.497 e. The van der Waals surface area contributed by atoms with Crippen molar-refractivity contribution >= 4 is 12.1 Å². The summed E-state index contributed by atoms with van der Waals surface area (Å²) in [4.78, 5) is 24.2. The highest BCUT2D eigenvalue weighted by Crippen LogP contribution is 2.34. The van der Waals surface area contributed by atoms with Crippen LogP contribution in [-0.4, -0.2) is 32.3 Å². The molecule has 0 aromatic heterocycles. The maximum atomic E-state index is 12.6. The van der Waals surface area contributed by atoms with Crippen LogP contribution in [0.4, 0.5) is 4.79 Å². The first-order chi connectivity index (χ1) is 21.1. The zero-order valence-electron chi connectivity index (χ0n) is 25.9. The molecule has 1 N–H and O–H groups in total. The molecule has 0 bridgehead atoms. The predicted octanol–water partition coefficient (Wildman–Crippen LogP) is 8.06. The van der Waals surface area contributed by atoms with Gasteiger partial charge in [0.2, 0.25) is 0 Å². The highest BCUT2D eigenvalue weighted by Gasteiger charge is 2.23. The van der Waals surface area contributed by atoms with Crippen molar-refractivity contribution in [3.63, 3.8) is 0 Å². The summed E-state index contributed by atoms with van der Waals surface area (Å²) < 4.78 is 22.3. The third kappa shape index (κ3) is 8.28. The van der Waals surface area contributed by atoms with Gasteiger partial charge in [-0.15, -0.1) is 0 Å². The molecule has 1 unspecified atom stereocenters. The van der Waals surface area contributed by atoms with E-state index >= 15 is 0 Å². The van der Waals surface area contributed by atoms with Gasteiger partial charge in [0.25, 0.3) is 0 Å². The maximum Gasteiger partial charge on any atom is 0.408 e. The third-order valence-electron chi connectivity index (χ3n) is 7.36. The molecule has 7 nitrogen and oxygen atoms in total. The van der Waals surface area contributed by atoms with Crippen LogP contribution in [0, 0.1) is 6.92 Å². The highest BCUT2D eigenvalue weighted by molar-refractivity contribution is 5.86. The lowest BCUT2D eigenvalue weighted by Crippen LogP contribution is -2.30. The van der Waals surface area contributed by atoms with Gasteiger partial charge in [0, 0.05) is 11.0 Å². The fourth-order valence-corrected chi connectivity index (χ4v) is 4.60. The molecule has 1 amide bonds. The Kier molecular flexibility index (Phi) is 10.5. The number of methoxy groups -OCH3 is 1. The van der Waals surface area contributed by atoms with Gasteiger partial charge >= 0.3 is 12.1 Å². The van der Waals surface area contributed by atoms with Crippen LogP contribution < -0.4 is 14.8 Å². The number of ether oxygens (including phenoxy) is 4. The van der Waals surface area contributed by atoms with Gasteiger partial charge < -0.3 is 24.3 Å². The van der Waals surface area contributed by atoms with Crippen LogP contribution in [0.5, 0.6) is 17.2 Å². The summed E-state index contributed by atoms with van der Waals surface area (Å²) in [7, 11) is 1.67. The van der Waals surface area contributed by atoms with Crippen LogP contribution in [0.1, 0.15) is 54.7 Å². The number of rotatable bonds is 12. The van der Waals surface area contributed by atoms with E-state index in [4.69, 9.17) is 18.9 Å². The second-order valence-corrected chi connectivity index (χ2v) is 11.1. The van der Waals surface area contributed by atoms with Crippen molar-refractivity contribution in [1.82, 2.24) is 5.32 Å². The van der Waals surface area contributed by atoms with Crippen molar-refractivity contribution < 1.29 is 28.5 Å². The smallest absolute Gasteiger partial charge is 0.408 e. The molecule has 0 fully saturated rings. The maximum absolute atomic E-state index is 12.6. The second kappa shape index (κ2) is 14.4. The minimum Gasteiger partial charge on any atom is -0.497 e. The Labute approximate surface area is 259 Å². The predicted molar refractivity (Wildman–Crippen MR) is 171 cm³/mol. The molecule has 0 aliphatic heterocycles. The van der Waals surface area contributed by atoms with Gasteiger partial charge in [-0.2, -0.15) is 0 Å². The van der Waals surface area contributed by atoms with E-state index in [-0.39, 0.29) is 18.6 Å². The molecule has 1 atom stereocenters. The number of benzene rings is 4. The number of hydrogen-bond acceptors (Lipinski definition) is 6. The van der Waals surface area contributed by atoms with E-state index in [0.29, 0.717) is 17.1 Å². The van der Waals surface area contributed by atoms with Crippen molar-refractivity contribution in [1.29, 1.82) is 0 Å². The van der Waals surface area contributed by atoms with Crippen LogP contribution in [0.2, 0.25) is 0 Å². The normalized spacial score (nSPS) is 11.7. The van der Waals surface area contributed by atoms with Gasteiger partial charge in [0.05, 0.1) is 13.7 Å². The number of alkyl carbamates (subject to hydrolysis) is 1. The Morgan fingerprint density at radius 1 is 0.773 bits per heavy atom. The molecule has 0 radical (unpaired) electrons. The molecule has 44 heavy (non-hydrogen) atoms. The monoisotopic (exact) mass is 593 g/mol. The van der Waals surface area contributed by atoms with E-state index < -0.39 is 18.2 Å². The fraction of sp³-hybridized carbons (Fsp3) is 0.243. The molecule has 7 heteroatoms. The van der Waals surface area contributed by atoms with Crippen LogP contribution >= 0.6 is 0 Å². The Hall–Kier alpha value is -5.04. The second-order valence-electron chi connectivity index (χ2n) is 11.1. The molecule has 4 aromatic rings. The van der Waals surface area contributed by atoms with Crippen molar-refractivity contribution in [3.8, 4) is 17.2 Å². The van der Waals surface area contributed by atoms with Crippen molar-refractivity contribution in [2.24, 2.45) is 0 Å². The Morgan fingerprint density at radius 3 is 1.75 bits per heavy atom. The average molecular weight is 594 g/mol. The molecule has 4 rings (SSSR count). The SMILES string of the molecule is C=C(C)C(=O)OCCNC(=O)OC(c1ccc(C)cc1)c1ccc(Oc2ccc(C(C)(C)c3ccc(OC)cc3)cc2)cc1. The zero-order chi connectivity index (χ0) is 31.7. The van der Waals surface area contributed by atoms with Crippen LogP contribution in [0.15, 0.2) is 109 Å². The first-order valence-electron chi connectivity index (χ1n) is 14.4. The van der Waals surface area contributed by atoms with Crippen LogP contribution in [0.3, 0.4) is 0 Å². The standard InChI is InChI=1S/C37H39NO6/c1-25(2)35(39)42-24-23-38-36(40)44-34(27-9-7-26(3)8-10-27)28-11-17-32(18-12-28)43-33-21-15-30(16-22-33)37(4,5)29-13-19-31(41-6)20-14-29/h7-22,34H,1,23-24H2,2-6H3,(H,38,40). The molecular weight excluding hydrogens is 554 g/mol. The number of aryl methyl sites for hydroxylation is 1. The fourth-order valence-electron chi connectivity index (χ4n) is 4.60. The molecule has 0 saturated heterocycles. The average Bonchev–Trinajstić information content (AvgIpc) is 3.03. The summed E-state index contributed by atoms with van der Waals surface area (Å²) in [6.45, 7) is 11.6. The van der Waals surface area contributed by atoms with Gasteiger partial charge in [-0.1, -0.05) is 86.7 Å². The topological polar surface area (TPSA) is 83.1 Å².